The molecule has 0 aromatic heterocycles. The third-order valence-electron chi connectivity index (χ3n) is 2.94. The van der Waals surface area contributed by atoms with Crippen LogP contribution in [0.4, 0.5) is 0 Å². The molecular weight excluding hydrogens is 224 g/mol. The molecule has 1 fully saturated rings. The maximum Gasteiger partial charge on any atom is 0.0594 e. The van der Waals surface area contributed by atoms with Crippen molar-refractivity contribution < 1.29 is 4.74 Å². The molecule has 1 heterocycles. The van der Waals surface area contributed by atoms with Gasteiger partial charge in [-0.3, -0.25) is 4.90 Å². The van der Waals surface area contributed by atoms with Crippen molar-refractivity contribution in [2.45, 2.75) is 6.04 Å². The van der Waals surface area contributed by atoms with Gasteiger partial charge in [-0.15, -0.1) is 0 Å². The molecule has 4 heteroatoms. The molecule has 0 unspecified atom stereocenters. The molecule has 0 saturated carbocycles. The summed E-state index contributed by atoms with van der Waals surface area (Å²) in [5.74, 6) is 0. The van der Waals surface area contributed by atoms with Gasteiger partial charge in [0.2, 0.25) is 0 Å². The van der Waals surface area contributed by atoms with Crippen LogP contribution in [0.5, 0.6) is 0 Å². The molecule has 2 N–H and O–H groups in total. The molecule has 3 nitrogen and oxygen atoms in total. The van der Waals surface area contributed by atoms with Gasteiger partial charge in [0.05, 0.1) is 13.2 Å². The van der Waals surface area contributed by atoms with Crippen LogP contribution in [0.15, 0.2) is 24.3 Å². The maximum atomic E-state index is 6.00. The molecule has 0 amide bonds. The second-order valence-electron chi connectivity index (χ2n) is 3.95. The van der Waals surface area contributed by atoms with Crippen molar-refractivity contribution in [1.82, 2.24) is 4.90 Å². The number of hydrogen-bond acceptors (Lipinski definition) is 3. The topological polar surface area (TPSA) is 38.5 Å². The molecule has 0 radical (unpaired) electrons. The maximum absolute atomic E-state index is 6.00. The molecule has 0 aliphatic carbocycles. The lowest BCUT2D eigenvalue weighted by Crippen LogP contribution is -2.41. The summed E-state index contributed by atoms with van der Waals surface area (Å²) in [6.07, 6.45) is 0. The lowest BCUT2D eigenvalue weighted by Gasteiger charge is -2.34. The van der Waals surface area contributed by atoms with E-state index in [4.69, 9.17) is 22.1 Å². The Balaban J connectivity index is 2.14. The summed E-state index contributed by atoms with van der Waals surface area (Å²) in [6.45, 7) is 4.07. The average molecular weight is 241 g/mol. The van der Waals surface area contributed by atoms with Crippen LogP contribution in [0, 0.1) is 0 Å². The van der Waals surface area contributed by atoms with E-state index in [2.05, 4.69) is 11.0 Å². The Morgan fingerprint density at radius 1 is 1.38 bits per heavy atom. The zero-order chi connectivity index (χ0) is 11.4. The molecule has 2 rings (SSSR count). The van der Waals surface area contributed by atoms with Gasteiger partial charge in [0, 0.05) is 30.7 Å². The molecule has 0 spiro atoms. The highest BCUT2D eigenvalue weighted by Gasteiger charge is 2.21. The molecule has 1 saturated heterocycles. The number of nitrogens with two attached hydrogens (primary N) is 1. The molecule has 1 aromatic carbocycles. The number of morpholine rings is 1. The normalized spacial score (nSPS) is 19.6. The van der Waals surface area contributed by atoms with Crippen LogP contribution in [-0.4, -0.2) is 37.7 Å². The Hall–Kier alpha value is -0.610. The SMILES string of the molecule is NC[C@H](c1cccc(Cl)c1)N1CCOCC1. The van der Waals surface area contributed by atoms with Crippen molar-refractivity contribution in [2.75, 3.05) is 32.8 Å². The fourth-order valence-corrected chi connectivity index (χ4v) is 2.30. The minimum absolute atomic E-state index is 0.252. The smallest absolute Gasteiger partial charge is 0.0594 e. The van der Waals surface area contributed by atoms with E-state index in [0.29, 0.717) is 6.54 Å². The number of rotatable bonds is 3. The summed E-state index contributed by atoms with van der Waals surface area (Å²) in [5, 5.41) is 0.768. The van der Waals surface area contributed by atoms with Crippen LogP contribution >= 0.6 is 11.6 Å². The zero-order valence-electron chi connectivity index (χ0n) is 9.23. The molecule has 0 bridgehead atoms. The monoisotopic (exact) mass is 240 g/mol. The van der Waals surface area contributed by atoms with E-state index in [1.807, 2.05) is 18.2 Å². The number of hydrogen-bond donors (Lipinski definition) is 1. The van der Waals surface area contributed by atoms with Gasteiger partial charge in [-0.1, -0.05) is 23.7 Å². The van der Waals surface area contributed by atoms with E-state index < -0.39 is 0 Å². The summed E-state index contributed by atoms with van der Waals surface area (Å²) in [7, 11) is 0. The number of nitrogens with zero attached hydrogens (tertiary/aromatic N) is 1. The molecule has 88 valence electrons. The standard InChI is InChI=1S/C12H17ClN2O/c13-11-3-1-2-10(8-11)12(9-14)15-4-6-16-7-5-15/h1-3,8,12H,4-7,9,14H2/t12-/m1/s1. The first kappa shape index (κ1) is 11.9. The fourth-order valence-electron chi connectivity index (χ4n) is 2.10. The van der Waals surface area contributed by atoms with E-state index >= 15 is 0 Å². The van der Waals surface area contributed by atoms with Crippen LogP contribution in [-0.2, 0) is 4.74 Å². The van der Waals surface area contributed by atoms with Gasteiger partial charge in [-0.2, -0.15) is 0 Å². The van der Waals surface area contributed by atoms with Crippen molar-refractivity contribution in [3.05, 3.63) is 34.9 Å². The second kappa shape index (κ2) is 5.64. The fraction of sp³-hybridized carbons (Fsp3) is 0.500. The predicted molar refractivity (Wildman–Crippen MR) is 65.6 cm³/mol. The molecule has 1 aliphatic rings. The summed E-state index contributed by atoms with van der Waals surface area (Å²) in [5.41, 5.74) is 7.05. The van der Waals surface area contributed by atoms with Gasteiger partial charge in [-0.25, -0.2) is 0 Å². The van der Waals surface area contributed by atoms with Crippen molar-refractivity contribution in [1.29, 1.82) is 0 Å². The Labute approximate surface area is 101 Å². The summed E-state index contributed by atoms with van der Waals surface area (Å²) in [4.78, 5) is 2.36. The van der Waals surface area contributed by atoms with Gasteiger partial charge in [0.15, 0.2) is 0 Å². The summed E-state index contributed by atoms with van der Waals surface area (Å²) >= 11 is 6.00. The van der Waals surface area contributed by atoms with Crippen molar-refractivity contribution in [3.8, 4) is 0 Å². The lowest BCUT2D eigenvalue weighted by molar-refractivity contribution is 0.0179. The minimum atomic E-state index is 0.252. The van der Waals surface area contributed by atoms with Crippen LogP contribution < -0.4 is 5.73 Å². The van der Waals surface area contributed by atoms with E-state index in [0.717, 1.165) is 31.3 Å². The van der Waals surface area contributed by atoms with Crippen LogP contribution in [0.2, 0.25) is 5.02 Å². The molecule has 16 heavy (non-hydrogen) atoms. The largest absolute Gasteiger partial charge is 0.379 e. The van der Waals surface area contributed by atoms with Crippen molar-refractivity contribution in [3.63, 3.8) is 0 Å². The molecule has 1 atom stereocenters. The van der Waals surface area contributed by atoms with Gasteiger partial charge in [-0.05, 0) is 17.7 Å². The third kappa shape index (κ3) is 2.74. The lowest BCUT2D eigenvalue weighted by atomic mass is 10.1. The Morgan fingerprint density at radius 3 is 2.75 bits per heavy atom. The Morgan fingerprint density at radius 2 is 2.12 bits per heavy atom. The van der Waals surface area contributed by atoms with Crippen LogP contribution in [0.1, 0.15) is 11.6 Å². The minimum Gasteiger partial charge on any atom is -0.379 e. The van der Waals surface area contributed by atoms with E-state index in [1.54, 1.807) is 0 Å². The van der Waals surface area contributed by atoms with E-state index in [-0.39, 0.29) is 6.04 Å². The van der Waals surface area contributed by atoms with Crippen LogP contribution in [0.25, 0.3) is 0 Å². The highest BCUT2D eigenvalue weighted by atomic mass is 35.5. The number of benzene rings is 1. The van der Waals surface area contributed by atoms with Crippen molar-refractivity contribution in [2.24, 2.45) is 5.73 Å². The Kier molecular flexibility index (Phi) is 4.18. The zero-order valence-corrected chi connectivity index (χ0v) is 9.99. The molecule has 1 aromatic rings. The molecule has 1 aliphatic heterocycles. The third-order valence-corrected chi connectivity index (χ3v) is 3.18. The van der Waals surface area contributed by atoms with Crippen molar-refractivity contribution >= 4 is 11.6 Å². The first-order chi connectivity index (χ1) is 7.81. The number of ether oxygens (including phenoxy) is 1. The van der Waals surface area contributed by atoms with Gasteiger partial charge >= 0.3 is 0 Å². The Bertz CT molecular complexity index is 340. The average Bonchev–Trinajstić information content (AvgIpc) is 2.31. The van der Waals surface area contributed by atoms with Gasteiger partial charge < -0.3 is 10.5 Å². The highest BCUT2D eigenvalue weighted by molar-refractivity contribution is 6.30. The van der Waals surface area contributed by atoms with Gasteiger partial charge in [0.1, 0.15) is 0 Å². The molecular formula is C12H17ClN2O. The van der Waals surface area contributed by atoms with E-state index in [1.165, 1.54) is 5.56 Å². The predicted octanol–water partition coefficient (Wildman–Crippen LogP) is 1.67. The highest BCUT2D eigenvalue weighted by Crippen LogP contribution is 2.23. The number of halogens is 1. The quantitative estimate of drug-likeness (QED) is 0.874. The van der Waals surface area contributed by atoms with Crippen LogP contribution in [0.3, 0.4) is 0 Å². The summed E-state index contributed by atoms with van der Waals surface area (Å²) < 4.78 is 5.35. The second-order valence-corrected chi connectivity index (χ2v) is 4.39. The van der Waals surface area contributed by atoms with E-state index in [9.17, 15) is 0 Å². The first-order valence-corrected chi connectivity index (χ1v) is 5.96. The first-order valence-electron chi connectivity index (χ1n) is 5.58. The van der Waals surface area contributed by atoms with Gasteiger partial charge in [0.25, 0.3) is 0 Å². The summed E-state index contributed by atoms with van der Waals surface area (Å²) in [6, 6.07) is 8.19.